The fraction of sp³-hybridized carbons (Fsp3) is 0.316. The Morgan fingerprint density at radius 1 is 1.04 bits per heavy atom. The van der Waals surface area contributed by atoms with Crippen molar-refractivity contribution < 1.29 is 4.74 Å². The van der Waals surface area contributed by atoms with Crippen LogP contribution in [-0.4, -0.2) is 24.4 Å². The number of rotatable bonds is 3. The summed E-state index contributed by atoms with van der Waals surface area (Å²) in [4.78, 5) is 0. The monoisotopic (exact) mass is 324 g/mol. The van der Waals surface area contributed by atoms with Gasteiger partial charge in [-0.25, -0.2) is 0 Å². The minimum absolute atomic E-state index is 0.117. The molecule has 1 fully saturated rings. The van der Waals surface area contributed by atoms with E-state index in [0.29, 0.717) is 5.11 Å². The van der Waals surface area contributed by atoms with Gasteiger partial charge in [-0.1, -0.05) is 48.5 Å². The molecular formula is C19H20N2OS. The molecule has 2 aliphatic rings. The zero-order chi connectivity index (χ0) is 15.6. The van der Waals surface area contributed by atoms with Crippen LogP contribution in [0.5, 0.6) is 0 Å². The van der Waals surface area contributed by atoms with E-state index in [-0.39, 0.29) is 12.1 Å². The Bertz CT molecular complexity index is 679. The Kier molecular flexibility index (Phi) is 4.02. The van der Waals surface area contributed by atoms with Crippen LogP contribution in [0.3, 0.4) is 0 Å². The van der Waals surface area contributed by atoms with Gasteiger partial charge in [-0.2, -0.15) is 0 Å². The largest absolute Gasteiger partial charge is 0.376 e. The summed E-state index contributed by atoms with van der Waals surface area (Å²) >= 11 is 5.51. The van der Waals surface area contributed by atoms with Crippen LogP contribution in [0.25, 0.3) is 11.1 Å². The minimum atomic E-state index is 0.117. The third-order valence-corrected chi connectivity index (χ3v) is 4.89. The fourth-order valence-corrected chi connectivity index (χ4v) is 3.71. The summed E-state index contributed by atoms with van der Waals surface area (Å²) < 4.78 is 5.64. The van der Waals surface area contributed by atoms with Gasteiger partial charge in [-0.3, -0.25) is 0 Å². The Balaban J connectivity index is 1.51. The molecule has 4 heteroatoms. The number of hydrogen-bond acceptors (Lipinski definition) is 2. The van der Waals surface area contributed by atoms with Gasteiger partial charge in [0.2, 0.25) is 0 Å². The van der Waals surface area contributed by atoms with E-state index in [1.807, 2.05) is 0 Å². The van der Waals surface area contributed by atoms with E-state index in [0.717, 1.165) is 26.0 Å². The van der Waals surface area contributed by atoms with Gasteiger partial charge in [-0.05, 0) is 47.3 Å². The van der Waals surface area contributed by atoms with E-state index in [1.165, 1.54) is 22.3 Å². The molecule has 4 rings (SSSR count). The molecule has 0 bridgehead atoms. The summed E-state index contributed by atoms with van der Waals surface area (Å²) in [6.45, 7) is 1.65. The average Bonchev–Trinajstić information content (AvgIpc) is 3.21. The van der Waals surface area contributed by atoms with E-state index >= 15 is 0 Å². The highest BCUT2D eigenvalue weighted by Crippen LogP contribution is 2.42. The highest BCUT2D eigenvalue weighted by molar-refractivity contribution is 7.80. The van der Waals surface area contributed by atoms with Crippen molar-refractivity contribution in [3.63, 3.8) is 0 Å². The Hall–Kier alpha value is -1.91. The lowest BCUT2D eigenvalue weighted by Crippen LogP contribution is -2.41. The van der Waals surface area contributed by atoms with Gasteiger partial charge in [0.15, 0.2) is 5.11 Å². The number of benzene rings is 2. The third-order valence-electron chi connectivity index (χ3n) is 4.62. The molecule has 0 saturated carbocycles. The average molecular weight is 324 g/mol. The first kappa shape index (κ1) is 14.7. The maximum absolute atomic E-state index is 5.64. The topological polar surface area (TPSA) is 33.3 Å². The van der Waals surface area contributed by atoms with Crippen LogP contribution in [0.2, 0.25) is 0 Å². The Morgan fingerprint density at radius 3 is 2.30 bits per heavy atom. The molecule has 1 heterocycles. The third kappa shape index (κ3) is 2.84. The number of thiocarbonyl (C=S) groups is 1. The molecule has 118 valence electrons. The predicted molar refractivity (Wildman–Crippen MR) is 96.4 cm³/mol. The van der Waals surface area contributed by atoms with Crippen molar-refractivity contribution >= 4 is 17.3 Å². The van der Waals surface area contributed by atoms with E-state index in [4.69, 9.17) is 17.0 Å². The lowest BCUT2D eigenvalue weighted by molar-refractivity contribution is 0.114. The van der Waals surface area contributed by atoms with Crippen LogP contribution in [0.15, 0.2) is 48.5 Å². The molecule has 1 aliphatic carbocycles. The van der Waals surface area contributed by atoms with Gasteiger partial charge in [0.25, 0.3) is 0 Å². The summed E-state index contributed by atoms with van der Waals surface area (Å²) in [7, 11) is 0. The quantitative estimate of drug-likeness (QED) is 0.848. The van der Waals surface area contributed by atoms with Gasteiger partial charge in [0, 0.05) is 13.2 Å². The second-order valence-electron chi connectivity index (χ2n) is 6.10. The van der Waals surface area contributed by atoms with E-state index < -0.39 is 0 Å². The van der Waals surface area contributed by atoms with Crippen LogP contribution in [0.4, 0.5) is 0 Å². The minimum Gasteiger partial charge on any atom is -0.376 e. The smallest absolute Gasteiger partial charge is 0.167 e. The molecule has 2 N–H and O–H groups in total. The van der Waals surface area contributed by atoms with E-state index in [1.54, 1.807) is 0 Å². The van der Waals surface area contributed by atoms with Gasteiger partial charge in [0.1, 0.15) is 0 Å². The normalized spacial score (nSPS) is 19.2. The maximum Gasteiger partial charge on any atom is 0.167 e. The Morgan fingerprint density at radius 2 is 1.70 bits per heavy atom. The zero-order valence-electron chi connectivity index (χ0n) is 12.9. The lowest BCUT2D eigenvalue weighted by atomic mass is 10.1. The lowest BCUT2D eigenvalue weighted by Gasteiger charge is -2.20. The molecule has 0 radical (unpaired) electrons. The van der Waals surface area contributed by atoms with E-state index in [2.05, 4.69) is 59.2 Å². The SMILES string of the molecule is S=C(NC[C@@H]1CCCO1)NC1c2ccccc2-c2ccccc21. The molecule has 2 aromatic rings. The second kappa shape index (κ2) is 6.30. The molecule has 1 saturated heterocycles. The van der Waals surface area contributed by atoms with Crippen molar-refractivity contribution in [3.05, 3.63) is 59.7 Å². The number of fused-ring (bicyclic) bond motifs is 3. The zero-order valence-corrected chi connectivity index (χ0v) is 13.7. The van der Waals surface area contributed by atoms with Crippen LogP contribution in [-0.2, 0) is 4.74 Å². The molecule has 2 aromatic carbocycles. The molecule has 23 heavy (non-hydrogen) atoms. The first-order valence-electron chi connectivity index (χ1n) is 8.17. The van der Waals surface area contributed by atoms with Crippen molar-refractivity contribution in [3.8, 4) is 11.1 Å². The summed E-state index contributed by atoms with van der Waals surface area (Å²) in [5.41, 5.74) is 5.16. The molecule has 1 atom stereocenters. The molecular weight excluding hydrogens is 304 g/mol. The molecule has 0 amide bonds. The molecule has 0 spiro atoms. The van der Waals surface area contributed by atoms with Crippen molar-refractivity contribution in [1.29, 1.82) is 0 Å². The fourth-order valence-electron chi connectivity index (χ4n) is 3.51. The van der Waals surface area contributed by atoms with Crippen LogP contribution in [0, 0.1) is 0 Å². The Labute approximate surface area is 142 Å². The molecule has 3 nitrogen and oxygen atoms in total. The first-order valence-corrected chi connectivity index (χ1v) is 8.58. The van der Waals surface area contributed by atoms with Crippen molar-refractivity contribution in [2.75, 3.05) is 13.2 Å². The molecule has 0 aromatic heterocycles. The number of hydrogen-bond donors (Lipinski definition) is 2. The number of nitrogens with one attached hydrogen (secondary N) is 2. The molecule has 1 aliphatic heterocycles. The first-order chi connectivity index (χ1) is 11.3. The van der Waals surface area contributed by atoms with E-state index in [9.17, 15) is 0 Å². The van der Waals surface area contributed by atoms with Crippen LogP contribution >= 0.6 is 12.2 Å². The van der Waals surface area contributed by atoms with Gasteiger partial charge in [-0.15, -0.1) is 0 Å². The summed E-state index contributed by atoms with van der Waals surface area (Å²) in [5.74, 6) is 0. The highest BCUT2D eigenvalue weighted by atomic mass is 32.1. The molecule has 0 unspecified atom stereocenters. The second-order valence-corrected chi connectivity index (χ2v) is 6.51. The standard InChI is InChI=1S/C19H20N2OS/c23-19(20-12-13-6-5-11-22-13)21-18-16-9-3-1-7-14(16)15-8-2-4-10-17(15)18/h1-4,7-10,13,18H,5-6,11-12H2,(H2,20,21,23)/t13-/m0/s1. The summed E-state index contributed by atoms with van der Waals surface area (Å²) in [6.07, 6.45) is 2.55. The summed E-state index contributed by atoms with van der Waals surface area (Å²) in [6, 6.07) is 17.2. The van der Waals surface area contributed by atoms with Crippen LogP contribution in [0.1, 0.15) is 30.0 Å². The predicted octanol–water partition coefficient (Wildman–Crippen LogP) is 3.40. The van der Waals surface area contributed by atoms with Crippen molar-refractivity contribution in [2.45, 2.75) is 25.0 Å². The van der Waals surface area contributed by atoms with Crippen molar-refractivity contribution in [1.82, 2.24) is 10.6 Å². The maximum atomic E-state index is 5.64. The highest BCUT2D eigenvalue weighted by Gasteiger charge is 2.28. The van der Waals surface area contributed by atoms with Gasteiger partial charge >= 0.3 is 0 Å². The number of ether oxygens (including phenoxy) is 1. The van der Waals surface area contributed by atoms with Crippen LogP contribution < -0.4 is 10.6 Å². The van der Waals surface area contributed by atoms with Gasteiger partial charge < -0.3 is 15.4 Å². The van der Waals surface area contributed by atoms with Gasteiger partial charge in [0.05, 0.1) is 12.1 Å². The summed E-state index contributed by atoms with van der Waals surface area (Å²) in [5, 5.41) is 7.48. The van der Waals surface area contributed by atoms with Crippen molar-refractivity contribution in [2.24, 2.45) is 0 Å².